The molecule has 0 bridgehead atoms. The Kier molecular flexibility index (Phi) is 5.97. The number of aryl methyl sites for hydroxylation is 2. The van der Waals surface area contributed by atoms with Crippen molar-refractivity contribution in [2.75, 3.05) is 18.4 Å². The molecule has 6 heteroatoms. The monoisotopic (exact) mass is 386 g/mol. The van der Waals surface area contributed by atoms with Gasteiger partial charge in [-0.3, -0.25) is 4.79 Å². The molecule has 27 heavy (non-hydrogen) atoms. The fourth-order valence-electron chi connectivity index (χ4n) is 3.29. The molecule has 0 aromatic heterocycles. The van der Waals surface area contributed by atoms with Crippen LogP contribution < -0.4 is 5.32 Å². The molecule has 1 saturated heterocycles. The summed E-state index contributed by atoms with van der Waals surface area (Å²) in [5.74, 6) is -0.202. The van der Waals surface area contributed by atoms with E-state index >= 15 is 0 Å². The number of anilines is 1. The van der Waals surface area contributed by atoms with Gasteiger partial charge in [0.1, 0.15) is 0 Å². The van der Waals surface area contributed by atoms with E-state index in [0.29, 0.717) is 30.8 Å². The third-order valence-corrected chi connectivity index (χ3v) is 7.03. The van der Waals surface area contributed by atoms with Gasteiger partial charge >= 0.3 is 0 Å². The smallest absolute Gasteiger partial charge is 0.243 e. The minimum atomic E-state index is -3.49. The first-order chi connectivity index (χ1) is 12.9. The largest absolute Gasteiger partial charge is 0.326 e. The Morgan fingerprint density at radius 3 is 2.19 bits per heavy atom. The first kappa shape index (κ1) is 19.6. The van der Waals surface area contributed by atoms with Crippen molar-refractivity contribution < 1.29 is 13.2 Å². The van der Waals surface area contributed by atoms with E-state index in [-0.39, 0.29) is 11.8 Å². The van der Waals surface area contributed by atoms with Gasteiger partial charge in [-0.25, -0.2) is 8.42 Å². The molecular formula is C21H26N2O3S. The van der Waals surface area contributed by atoms with Crippen LogP contribution in [0.5, 0.6) is 0 Å². The number of hydrogen-bond donors (Lipinski definition) is 1. The average molecular weight is 387 g/mol. The highest BCUT2D eigenvalue weighted by Crippen LogP contribution is 2.25. The molecule has 5 nitrogen and oxygen atoms in total. The minimum Gasteiger partial charge on any atom is -0.326 e. The van der Waals surface area contributed by atoms with Gasteiger partial charge in [-0.1, -0.05) is 36.8 Å². The van der Waals surface area contributed by atoms with Crippen LogP contribution in [0.2, 0.25) is 0 Å². The molecule has 1 aliphatic rings. The van der Waals surface area contributed by atoms with Crippen LogP contribution in [0.3, 0.4) is 0 Å². The van der Waals surface area contributed by atoms with Crippen molar-refractivity contribution in [2.24, 2.45) is 5.92 Å². The van der Waals surface area contributed by atoms with E-state index in [0.717, 1.165) is 17.7 Å². The van der Waals surface area contributed by atoms with E-state index in [9.17, 15) is 13.2 Å². The summed E-state index contributed by atoms with van der Waals surface area (Å²) in [6, 6.07) is 14.7. The van der Waals surface area contributed by atoms with Gasteiger partial charge in [0.05, 0.1) is 4.90 Å². The van der Waals surface area contributed by atoms with E-state index < -0.39 is 10.0 Å². The quantitative estimate of drug-likeness (QED) is 0.854. The van der Waals surface area contributed by atoms with Crippen molar-refractivity contribution >= 4 is 21.6 Å². The summed E-state index contributed by atoms with van der Waals surface area (Å²) >= 11 is 0. The second-order valence-electron chi connectivity index (χ2n) is 7.03. The van der Waals surface area contributed by atoms with Crippen LogP contribution in [0.4, 0.5) is 5.69 Å². The summed E-state index contributed by atoms with van der Waals surface area (Å²) in [5.41, 5.74) is 3.03. The number of carbonyl (C=O) groups excluding carboxylic acids is 1. The molecule has 0 atom stereocenters. The molecule has 2 aromatic carbocycles. The van der Waals surface area contributed by atoms with Gasteiger partial charge in [0.15, 0.2) is 0 Å². The molecule has 144 valence electrons. The zero-order chi connectivity index (χ0) is 19.4. The van der Waals surface area contributed by atoms with E-state index in [1.807, 2.05) is 31.2 Å². The van der Waals surface area contributed by atoms with E-state index in [1.165, 1.54) is 9.87 Å². The Labute approximate surface area is 161 Å². The predicted octanol–water partition coefficient (Wildman–Crippen LogP) is 3.60. The normalized spacial score (nSPS) is 16.2. The van der Waals surface area contributed by atoms with E-state index in [1.54, 1.807) is 24.3 Å². The minimum absolute atomic E-state index is 0.0355. The topological polar surface area (TPSA) is 66.5 Å². The second-order valence-corrected chi connectivity index (χ2v) is 8.97. The van der Waals surface area contributed by atoms with Crippen molar-refractivity contribution in [3.8, 4) is 0 Å². The Morgan fingerprint density at radius 1 is 1.04 bits per heavy atom. The van der Waals surface area contributed by atoms with Crippen molar-refractivity contribution in [3.05, 3.63) is 59.7 Å². The highest BCUT2D eigenvalue weighted by molar-refractivity contribution is 7.89. The van der Waals surface area contributed by atoms with Gasteiger partial charge in [0, 0.05) is 24.7 Å². The Bertz CT molecular complexity index is 882. The molecule has 1 N–H and O–H groups in total. The highest BCUT2D eigenvalue weighted by Gasteiger charge is 2.32. The number of carbonyl (C=O) groups is 1. The number of hydrogen-bond acceptors (Lipinski definition) is 3. The maximum Gasteiger partial charge on any atom is 0.243 e. The fourth-order valence-corrected chi connectivity index (χ4v) is 4.76. The molecule has 2 aromatic rings. The lowest BCUT2D eigenvalue weighted by molar-refractivity contribution is -0.120. The Balaban J connectivity index is 1.59. The zero-order valence-electron chi connectivity index (χ0n) is 15.8. The molecule has 1 amide bonds. The average Bonchev–Trinajstić information content (AvgIpc) is 2.69. The van der Waals surface area contributed by atoms with E-state index in [2.05, 4.69) is 12.2 Å². The van der Waals surface area contributed by atoms with Gasteiger partial charge in [-0.2, -0.15) is 4.31 Å². The number of benzene rings is 2. The van der Waals surface area contributed by atoms with Crippen LogP contribution in [-0.4, -0.2) is 31.7 Å². The second kappa shape index (κ2) is 8.23. The van der Waals surface area contributed by atoms with Crippen LogP contribution in [0.15, 0.2) is 53.4 Å². The summed E-state index contributed by atoms with van der Waals surface area (Å²) in [6.45, 7) is 4.74. The fraction of sp³-hybridized carbons (Fsp3) is 0.381. The predicted molar refractivity (Wildman–Crippen MR) is 107 cm³/mol. The number of piperidine rings is 1. The summed E-state index contributed by atoms with van der Waals surface area (Å²) in [5, 5.41) is 2.95. The zero-order valence-corrected chi connectivity index (χ0v) is 16.6. The van der Waals surface area contributed by atoms with Gasteiger partial charge in [-0.15, -0.1) is 0 Å². The molecule has 0 spiro atoms. The summed E-state index contributed by atoms with van der Waals surface area (Å²) < 4.78 is 27.0. The van der Waals surface area contributed by atoms with Crippen LogP contribution >= 0.6 is 0 Å². The molecule has 3 rings (SSSR count). The summed E-state index contributed by atoms with van der Waals surface area (Å²) in [6.07, 6.45) is 2.02. The standard InChI is InChI=1S/C21H26N2O3S/c1-3-17-6-8-19(9-7-17)22-21(24)18-12-14-23(15-13-18)27(25,26)20-10-4-16(2)5-11-20/h4-11,18H,3,12-15H2,1-2H3,(H,22,24). The Hall–Kier alpha value is -2.18. The number of rotatable bonds is 5. The highest BCUT2D eigenvalue weighted by atomic mass is 32.2. The van der Waals surface area contributed by atoms with Gasteiger partial charge in [0.2, 0.25) is 15.9 Å². The molecule has 0 saturated carbocycles. The van der Waals surface area contributed by atoms with Crippen molar-refractivity contribution in [1.82, 2.24) is 4.31 Å². The van der Waals surface area contributed by atoms with Gasteiger partial charge in [-0.05, 0) is 56.0 Å². The molecular weight excluding hydrogens is 360 g/mol. The third kappa shape index (κ3) is 4.57. The summed E-state index contributed by atoms with van der Waals surface area (Å²) in [7, 11) is -3.49. The van der Waals surface area contributed by atoms with Crippen LogP contribution in [0.25, 0.3) is 0 Å². The van der Waals surface area contributed by atoms with Gasteiger partial charge < -0.3 is 5.32 Å². The van der Waals surface area contributed by atoms with Crippen molar-refractivity contribution in [1.29, 1.82) is 0 Å². The lowest BCUT2D eigenvalue weighted by atomic mass is 9.97. The van der Waals surface area contributed by atoms with E-state index in [4.69, 9.17) is 0 Å². The van der Waals surface area contributed by atoms with Crippen LogP contribution in [-0.2, 0) is 21.2 Å². The van der Waals surface area contributed by atoms with Crippen molar-refractivity contribution in [2.45, 2.75) is 38.0 Å². The lowest BCUT2D eigenvalue weighted by Gasteiger charge is -2.30. The SMILES string of the molecule is CCc1ccc(NC(=O)C2CCN(S(=O)(=O)c3ccc(C)cc3)CC2)cc1. The summed E-state index contributed by atoms with van der Waals surface area (Å²) in [4.78, 5) is 12.8. The first-order valence-electron chi connectivity index (χ1n) is 9.37. The first-order valence-corrected chi connectivity index (χ1v) is 10.8. The lowest BCUT2D eigenvalue weighted by Crippen LogP contribution is -2.41. The maximum atomic E-state index is 12.8. The number of amides is 1. The molecule has 1 fully saturated rings. The molecule has 0 unspecified atom stereocenters. The molecule has 0 radical (unpaired) electrons. The Morgan fingerprint density at radius 2 is 1.63 bits per heavy atom. The number of nitrogens with zero attached hydrogens (tertiary/aromatic N) is 1. The number of sulfonamides is 1. The van der Waals surface area contributed by atoms with Crippen LogP contribution in [0, 0.1) is 12.8 Å². The van der Waals surface area contributed by atoms with Crippen molar-refractivity contribution in [3.63, 3.8) is 0 Å². The van der Waals surface area contributed by atoms with Gasteiger partial charge in [0.25, 0.3) is 0 Å². The molecule has 1 aliphatic heterocycles. The molecule has 0 aliphatic carbocycles. The maximum absolute atomic E-state index is 12.8. The third-order valence-electron chi connectivity index (χ3n) is 5.11. The number of nitrogens with one attached hydrogen (secondary N) is 1. The molecule has 1 heterocycles. The van der Waals surface area contributed by atoms with Crippen LogP contribution in [0.1, 0.15) is 30.9 Å².